The maximum absolute atomic E-state index is 5.83. The molecule has 0 aliphatic rings. The van der Waals surface area contributed by atoms with E-state index in [1.54, 1.807) is 11.3 Å². The molecule has 0 spiro atoms. The molecule has 1 unspecified atom stereocenters. The molecule has 1 aromatic heterocycles. The van der Waals surface area contributed by atoms with Crippen molar-refractivity contribution in [2.75, 3.05) is 0 Å². The van der Waals surface area contributed by atoms with E-state index in [4.69, 9.17) is 5.73 Å². The molecule has 0 saturated carbocycles. The largest absolute Gasteiger partial charge is 0.328 e. The van der Waals surface area contributed by atoms with Crippen molar-refractivity contribution in [3.05, 3.63) is 39.3 Å². The molecule has 4 heteroatoms. The number of halogens is 1. The number of rotatable bonds is 3. The summed E-state index contributed by atoms with van der Waals surface area (Å²) in [6.07, 6.45) is 0.903. The molecule has 0 saturated heterocycles. The maximum atomic E-state index is 5.83. The molecule has 0 radical (unpaired) electrons. The molecule has 1 aromatic carbocycles. The average molecular weight is 311 g/mol. The van der Waals surface area contributed by atoms with Crippen molar-refractivity contribution >= 4 is 27.3 Å². The summed E-state index contributed by atoms with van der Waals surface area (Å²) in [5.74, 6) is 0. The van der Waals surface area contributed by atoms with E-state index in [1.165, 1.54) is 4.88 Å². The molecular formula is C13H15BrN2S. The molecule has 0 fully saturated rings. The number of aromatic nitrogens is 1. The summed E-state index contributed by atoms with van der Waals surface area (Å²) in [6, 6.07) is 8.43. The van der Waals surface area contributed by atoms with E-state index in [0.717, 1.165) is 27.2 Å². The van der Waals surface area contributed by atoms with E-state index >= 15 is 0 Å². The lowest BCUT2D eigenvalue weighted by atomic mass is 10.2. The van der Waals surface area contributed by atoms with Crippen LogP contribution in [0.4, 0.5) is 0 Å². The minimum absolute atomic E-state index is 0.187. The second kappa shape index (κ2) is 5.29. The lowest BCUT2D eigenvalue weighted by Gasteiger charge is -2.01. The van der Waals surface area contributed by atoms with Crippen molar-refractivity contribution in [1.82, 2.24) is 4.98 Å². The molecule has 2 aromatic rings. The zero-order chi connectivity index (χ0) is 12.4. The zero-order valence-electron chi connectivity index (χ0n) is 9.90. The summed E-state index contributed by atoms with van der Waals surface area (Å²) >= 11 is 5.18. The lowest BCUT2D eigenvalue weighted by Crippen LogP contribution is -2.17. The summed E-state index contributed by atoms with van der Waals surface area (Å²) < 4.78 is 1.09. The predicted molar refractivity (Wildman–Crippen MR) is 77.3 cm³/mol. The van der Waals surface area contributed by atoms with Crippen LogP contribution in [0.25, 0.3) is 10.6 Å². The van der Waals surface area contributed by atoms with E-state index in [0.29, 0.717) is 0 Å². The van der Waals surface area contributed by atoms with Gasteiger partial charge in [0.05, 0.1) is 5.69 Å². The van der Waals surface area contributed by atoms with Crippen LogP contribution in [0.2, 0.25) is 0 Å². The number of nitrogens with zero attached hydrogens (tertiary/aromatic N) is 1. The second-order valence-corrected chi connectivity index (χ2v) is 6.22. The lowest BCUT2D eigenvalue weighted by molar-refractivity contribution is 0.742. The molecule has 90 valence electrons. The molecular weight excluding hydrogens is 296 g/mol. The minimum atomic E-state index is 0.187. The number of nitrogens with two attached hydrogens (primary N) is 1. The zero-order valence-corrected chi connectivity index (χ0v) is 12.3. The van der Waals surface area contributed by atoms with E-state index < -0.39 is 0 Å². The fraction of sp³-hybridized carbons (Fsp3) is 0.308. The maximum Gasteiger partial charge on any atom is 0.123 e. The van der Waals surface area contributed by atoms with Crippen LogP contribution in [0.3, 0.4) is 0 Å². The van der Waals surface area contributed by atoms with Gasteiger partial charge in [0.25, 0.3) is 0 Å². The molecule has 2 N–H and O–H groups in total. The fourth-order valence-corrected chi connectivity index (χ4v) is 3.10. The van der Waals surface area contributed by atoms with Crippen LogP contribution in [-0.4, -0.2) is 11.0 Å². The Balaban J connectivity index is 2.31. The monoisotopic (exact) mass is 310 g/mol. The van der Waals surface area contributed by atoms with Gasteiger partial charge < -0.3 is 5.73 Å². The van der Waals surface area contributed by atoms with Crippen LogP contribution in [0.15, 0.2) is 28.7 Å². The summed E-state index contributed by atoms with van der Waals surface area (Å²) in [5, 5.41) is 1.07. The first-order valence-electron chi connectivity index (χ1n) is 5.54. The van der Waals surface area contributed by atoms with Crippen molar-refractivity contribution in [1.29, 1.82) is 0 Å². The third kappa shape index (κ3) is 3.15. The smallest absolute Gasteiger partial charge is 0.123 e. The molecule has 0 aliphatic heterocycles. The summed E-state index contributed by atoms with van der Waals surface area (Å²) in [6.45, 7) is 4.08. The van der Waals surface area contributed by atoms with Gasteiger partial charge in [-0.3, -0.25) is 0 Å². The van der Waals surface area contributed by atoms with Crippen molar-refractivity contribution in [3.63, 3.8) is 0 Å². The highest BCUT2D eigenvalue weighted by Crippen LogP contribution is 2.29. The molecule has 0 aliphatic carbocycles. The van der Waals surface area contributed by atoms with Gasteiger partial charge in [0, 0.05) is 21.0 Å². The standard InChI is InChI=1S/C13H15BrN2S/c1-8(15)7-12-9(2)16-13(17-12)10-3-5-11(14)6-4-10/h3-6,8H,7,15H2,1-2H3. The van der Waals surface area contributed by atoms with Crippen molar-refractivity contribution in [2.45, 2.75) is 26.3 Å². The van der Waals surface area contributed by atoms with Crippen LogP contribution < -0.4 is 5.73 Å². The Bertz CT molecular complexity index is 503. The van der Waals surface area contributed by atoms with Crippen LogP contribution in [-0.2, 0) is 6.42 Å². The number of hydrogen-bond acceptors (Lipinski definition) is 3. The molecule has 2 rings (SSSR count). The van der Waals surface area contributed by atoms with Gasteiger partial charge in [0.15, 0.2) is 0 Å². The number of benzene rings is 1. The Labute approximate surface area is 114 Å². The predicted octanol–water partition coefficient (Wildman–Crippen LogP) is 3.77. The van der Waals surface area contributed by atoms with Gasteiger partial charge in [-0.05, 0) is 32.4 Å². The van der Waals surface area contributed by atoms with E-state index in [9.17, 15) is 0 Å². The Hall–Kier alpha value is -0.710. The van der Waals surface area contributed by atoms with Gasteiger partial charge >= 0.3 is 0 Å². The summed E-state index contributed by atoms with van der Waals surface area (Å²) in [4.78, 5) is 5.90. The van der Waals surface area contributed by atoms with Crippen LogP contribution in [0.5, 0.6) is 0 Å². The van der Waals surface area contributed by atoms with E-state index in [1.807, 2.05) is 19.1 Å². The highest BCUT2D eigenvalue weighted by atomic mass is 79.9. The van der Waals surface area contributed by atoms with Gasteiger partial charge in [-0.1, -0.05) is 28.1 Å². The van der Waals surface area contributed by atoms with Gasteiger partial charge in [-0.2, -0.15) is 0 Å². The average Bonchev–Trinajstić information content (AvgIpc) is 2.60. The quantitative estimate of drug-likeness (QED) is 0.937. The van der Waals surface area contributed by atoms with Crippen molar-refractivity contribution in [3.8, 4) is 10.6 Å². The Morgan fingerprint density at radius 3 is 2.59 bits per heavy atom. The highest BCUT2D eigenvalue weighted by molar-refractivity contribution is 9.10. The van der Waals surface area contributed by atoms with Crippen molar-refractivity contribution < 1.29 is 0 Å². The van der Waals surface area contributed by atoms with Gasteiger partial charge in [0.2, 0.25) is 0 Å². The molecule has 17 heavy (non-hydrogen) atoms. The first-order valence-corrected chi connectivity index (χ1v) is 7.15. The first kappa shape index (κ1) is 12.7. The van der Waals surface area contributed by atoms with Gasteiger partial charge in [0.1, 0.15) is 5.01 Å². The van der Waals surface area contributed by atoms with Crippen LogP contribution >= 0.6 is 27.3 Å². The number of hydrogen-bond donors (Lipinski definition) is 1. The Morgan fingerprint density at radius 2 is 2.00 bits per heavy atom. The van der Waals surface area contributed by atoms with Gasteiger partial charge in [-0.25, -0.2) is 4.98 Å². The molecule has 0 amide bonds. The Kier molecular flexibility index (Phi) is 3.97. The highest BCUT2D eigenvalue weighted by Gasteiger charge is 2.10. The molecule has 1 heterocycles. The molecule has 0 bridgehead atoms. The minimum Gasteiger partial charge on any atom is -0.328 e. The third-order valence-corrected chi connectivity index (χ3v) is 4.25. The van der Waals surface area contributed by atoms with Crippen LogP contribution in [0.1, 0.15) is 17.5 Å². The first-order chi connectivity index (χ1) is 8.06. The van der Waals surface area contributed by atoms with Crippen molar-refractivity contribution in [2.24, 2.45) is 5.73 Å². The Morgan fingerprint density at radius 1 is 1.35 bits per heavy atom. The third-order valence-electron chi connectivity index (χ3n) is 2.49. The molecule has 2 nitrogen and oxygen atoms in total. The fourth-order valence-electron chi connectivity index (χ4n) is 1.63. The SMILES string of the molecule is Cc1nc(-c2ccc(Br)cc2)sc1CC(C)N. The number of aryl methyl sites for hydroxylation is 1. The molecule has 1 atom stereocenters. The topological polar surface area (TPSA) is 38.9 Å². The number of thiazole rings is 1. The van der Waals surface area contributed by atoms with E-state index in [2.05, 4.69) is 40.0 Å². The second-order valence-electron chi connectivity index (χ2n) is 4.22. The van der Waals surface area contributed by atoms with Gasteiger partial charge in [-0.15, -0.1) is 11.3 Å². The van der Waals surface area contributed by atoms with E-state index in [-0.39, 0.29) is 6.04 Å². The van der Waals surface area contributed by atoms with Crippen LogP contribution in [0, 0.1) is 6.92 Å². The summed E-state index contributed by atoms with van der Waals surface area (Å²) in [7, 11) is 0. The summed E-state index contributed by atoms with van der Waals surface area (Å²) in [5.41, 5.74) is 8.10. The normalized spacial score (nSPS) is 12.7.